The number of hydrogen-bond acceptors (Lipinski definition) is 3. The Labute approximate surface area is 160 Å². The van der Waals surface area contributed by atoms with Crippen molar-refractivity contribution in [1.82, 2.24) is 9.88 Å². The zero-order valence-corrected chi connectivity index (χ0v) is 16.1. The zero-order chi connectivity index (χ0) is 18.6. The molecule has 4 bridgehead atoms. The van der Waals surface area contributed by atoms with Crippen LogP contribution in [0.15, 0.2) is 18.3 Å². The predicted octanol–water partition coefficient (Wildman–Crippen LogP) is 3.54. The van der Waals surface area contributed by atoms with Crippen LogP contribution in [0.2, 0.25) is 0 Å². The number of likely N-dealkylation sites (tertiary alicyclic amines) is 1. The predicted molar refractivity (Wildman–Crippen MR) is 103 cm³/mol. The highest BCUT2D eigenvalue weighted by molar-refractivity contribution is 5.97. The number of hydrogen-bond donors (Lipinski definition) is 1. The third kappa shape index (κ3) is 2.95. The molecule has 144 valence electrons. The molecule has 1 aromatic heterocycles. The Hall–Kier alpha value is -1.91. The molecule has 6 rings (SSSR count). The first kappa shape index (κ1) is 17.2. The Bertz CT molecular complexity index is 722. The number of nitrogens with one attached hydrogen (secondary N) is 1. The summed E-state index contributed by atoms with van der Waals surface area (Å²) in [4.78, 5) is 32.7. The molecule has 1 unspecified atom stereocenters. The van der Waals surface area contributed by atoms with E-state index in [1.807, 2.05) is 24.0 Å². The molecule has 27 heavy (non-hydrogen) atoms. The molecule has 4 aliphatic carbocycles. The molecule has 1 aromatic rings. The van der Waals surface area contributed by atoms with Gasteiger partial charge in [0, 0.05) is 12.7 Å². The molecule has 0 spiro atoms. The van der Waals surface area contributed by atoms with Gasteiger partial charge in [-0.3, -0.25) is 9.59 Å². The number of pyridine rings is 1. The Kier molecular flexibility index (Phi) is 4.03. The lowest BCUT2D eigenvalue weighted by Crippen LogP contribution is -2.56. The van der Waals surface area contributed by atoms with Gasteiger partial charge in [0.2, 0.25) is 11.8 Å². The Morgan fingerprint density at radius 1 is 1.11 bits per heavy atom. The summed E-state index contributed by atoms with van der Waals surface area (Å²) >= 11 is 0. The Morgan fingerprint density at radius 2 is 1.78 bits per heavy atom. The van der Waals surface area contributed by atoms with E-state index in [4.69, 9.17) is 0 Å². The normalized spacial score (nSPS) is 36.9. The van der Waals surface area contributed by atoms with Crippen LogP contribution in [0.3, 0.4) is 0 Å². The number of aromatic nitrogens is 1. The fourth-order valence-electron chi connectivity index (χ4n) is 6.71. The average molecular weight is 367 g/mol. The highest BCUT2D eigenvalue weighted by Crippen LogP contribution is 2.60. The molecule has 5 nitrogen and oxygen atoms in total. The van der Waals surface area contributed by atoms with E-state index in [2.05, 4.69) is 10.3 Å². The Morgan fingerprint density at radius 3 is 2.37 bits per heavy atom. The van der Waals surface area contributed by atoms with Gasteiger partial charge >= 0.3 is 0 Å². The first-order chi connectivity index (χ1) is 13.0. The van der Waals surface area contributed by atoms with E-state index in [1.165, 1.54) is 19.3 Å². The van der Waals surface area contributed by atoms with E-state index < -0.39 is 0 Å². The van der Waals surface area contributed by atoms with Crippen molar-refractivity contribution < 1.29 is 9.59 Å². The fourth-order valence-corrected chi connectivity index (χ4v) is 6.71. The molecule has 2 heterocycles. The number of carbonyl (C=O) groups excluding carboxylic acids is 2. The highest BCUT2D eigenvalue weighted by atomic mass is 16.2. The van der Waals surface area contributed by atoms with E-state index in [1.54, 1.807) is 6.20 Å². The summed E-state index contributed by atoms with van der Waals surface area (Å²) in [7, 11) is 0. The smallest absolute Gasteiger partial charge is 0.248 e. The summed E-state index contributed by atoms with van der Waals surface area (Å²) in [5.41, 5.74) is 0.896. The molecular weight excluding hydrogens is 338 g/mol. The summed E-state index contributed by atoms with van der Waals surface area (Å²) in [6, 6.07) is 3.43. The van der Waals surface area contributed by atoms with Crippen LogP contribution >= 0.6 is 0 Å². The lowest BCUT2D eigenvalue weighted by molar-refractivity contribution is -0.160. The van der Waals surface area contributed by atoms with Crippen LogP contribution in [0.5, 0.6) is 0 Å². The highest BCUT2D eigenvalue weighted by Gasteiger charge is 2.56. The molecular formula is C22H29N3O2. The summed E-state index contributed by atoms with van der Waals surface area (Å²) in [6.07, 6.45) is 10.6. The minimum atomic E-state index is -0.339. The standard InChI is InChI=1S/C22H29N3O2/c1-14-4-5-19(23-13-14)24-20(26)18-3-2-6-25(18)21(27)22-10-15-7-16(11-22)9-17(8-15)12-22/h4-5,13,15-18H,2-3,6-12H2,1H3,(H,23,24,26). The summed E-state index contributed by atoms with van der Waals surface area (Å²) in [6.45, 7) is 2.70. The number of anilines is 1. The molecule has 1 atom stereocenters. The van der Waals surface area contributed by atoms with Gasteiger partial charge < -0.3 is 10.2 Å². The summed E-state index contributed by atoms with van der Waals surface area (Å²) in [5, 5.41) is 2.93. The van der Waals surface area contributed by atoms with Crippen LogP contribution in [0.1, 0.15) is 56.9 Å². The molecule has 5 heteroatoms. The van der Waals surface area contributed by atoms with Gasteiger partial charge in [-0.25, -0.2) is 4.98 Å². The third-order valence-corrected chi connectivity index (χ3v) is 7.47. The van der Waals surface area contributed by atoms with Gasteiger partial charge in [0.15, 0.2) is 0 Å². The third-order valence-electron chi connectivity index (χ3n) is 7.47. The van der Waals surface area contributed by atoms with E-state index in [0.29, 0.717) is 5.82 Å². The number of rotatable bonds is 3. The van der Waals surface area contributed by atoms with Gasteiger partial charge in [-0.15, -0.1) is 0 Å². The lowest BCUT2D eigenvalue weighted by Gasteiger charge is -2.56. The topological polar surface area (TPSA) is 62.3 Å². The maximum atomic E-state index is 13.6. The number of aryl methyl sites for hydroxylation is 1. The fraction of sp³-hybridized carbons (Fsp3) is 0.682. The Balaban J connectivity index is 1.32. The quantitative estimate of drug-likeness (QED) is 0.889. The van der Waals surface area contributed by atoms with Crippen molar-refractivity contribution in [2.75, 3.05) is 11.9 Å². The molecule has 1 aliphatic heterocycles. The first-order valence-corrected chi connectivity index (χ1v) is 10.6. The van der Waals surface area contributed by atoms with E-state index in [-0.39, 0.29) is 23.3 Å². The van der Waals surface area contributed by atoms with Gasteiger partial charge in [-0.1, -0.05) is 6.07 Å². The second-order valence-corrected chi connectivity index (χ2v) is 9.56. The van der Waals surface area contributed by atoms with Crippen LogP contribution < -0.4 is 5.32 Å². The number of nitrogens with zero attached hydrogens (tertiary/aromatic N) is 2. The molecule has 1 saturated heterocycles. The minimum Gasteiger partial charge on any atom is -0.330 e. The van der Waals surface area contributed by atoms with Crippen LogP contribution in [0.4, 0.5) is 5.82 Å². The van der Waals surface area contributed by atoms with E-state index in [9.17, 15) is 9.59 Å². The molecule has 2 amide bonds. The molecule has 0 radical (unpaired) electrons. The van der Waals surface area contributed by atoms with Crippen LogP contribution in [-0.4, -0.2) is 34.3 Å². The molecule has 4 saturated carbocycles. The SMILES string of the molecule is Cc1ccc(NC(=O)C2CCCN2C(=O)C23CC4CC(CC(C4)C2)C3)nc1. The van der Waals surface area contributed by atoms with Crippen LogP contribution in [-0.2, 0) is 9.59 Å². The van der Waals surface area contributed by atoms with Crippen LogP contribution in [0, 0.1) is 30.1 Å². The number of carbonyl (C=O) groups is 2. The van der Waals surface area contributed by atoms with Crippen molar-refractivity contribution in [2.45, 2.75) is 64.3 Å². The van der Waals surface area contributed by atoms with Gasteiger partial charge in [0.25, 0.3) is 0 Å². The molecule has 0 aromatic carbocycles. The summed E-state index contributed by atoms with van der Waals surface area (Å²) in [5.74, 6) is 2.99. The lowest BCUT2D eigenvalue weighted by atomic mass is 9.49. The van der Waals surface area contributed by atoms with Crippen molar-refractivity contribution in [1.29, 1.82) is 0 Å². The van der Waals surface area contributed by atoms with Gasteiger partial charge in [-0.05, 0) is 87.7 Å². The van der Waals surface area contributed by atoms with Gasteiger partial charge in [-0.2, -0.15) is 0 Å². The minimum absolute atomic E-state index is 0.0815. The van der Waals surface area contributed by atoms with Crippen molar-refractivity contribution in [3.05, 3.63) is 23.9 Å². The second-order valence-electron chi connectivity index (χ2n) is 9.56. The van der Waals surface area contributed by atoms with E-state index in [0.717, 1.165) is 62.0 Å². The molecule has 5 fully saturated rings. The monoisotopic (exact) mass is 367 g/mol. The number of amides is 2. The summed E-state index contributed by atoms with van der Waals surface area (Å²) < 4.78 is 0. The maximum absolute atomic E-state index is 13.6. The van der Waals surface area contributed by atoms with Gasteiger partial charge in [0.05, 0.1) is 5.41 Å². The second kappa shape index (κ2) is 6.32. The van der Waals surface area contributed by atoms with Crippen molar-refractivity contribution >= 4 is 17.6 Å². The zero-order valence-electron chi connectivity index (χ0n) is 16.1. The van der Waals surface area contributed by atoms with Gasteiger partial charge in [0.1, 0.15) is 11.9 Å². The van der Waals surface area contributed by atoms with E-state index >= 15 is 0 Å². The molecule has 5 aliphatic rings. The largest absolute Gasteiger partial charge is 0.330 e. The maximum Gasteiger partial charge on any atom is 0.248 e. The molecule has 1 N–H and O–H groups in total. The van der Waals surface area contributed by atoms with Crippen LogP contribution in [0.25, 0.3) is 0 Å². The van der Waals surface area contributed by atoms with Crippen molar-refractivity contribution in [3.8, 4) is 0 Å². The average Bonchev–Trinajstić information content (AvgIpc) is 3.11. The van der Waals surface area contributed by atoms with Crippen molar-refractivity contribution in [2.24, 2.45) is 23.2 Å². The van der Waals surface area contributed by atoms with Crippen molar-refractivity contribution in [3.63, 3.8) is 0 Å². The first-order valence-electron chi connectivity index (χ1n) is 10.6.